The predicted molar refractivity (Wildman–Crippen MR) is 93.5 cm³/mol. The zero-order chi connectivity index (χ0) is 19.8. The summed E-state index contributed by atoms with van der Waals surface area (Å²) in [5.74, 6) is -2.94. The van der Waals surface area contributed by atoms with Crippen LogP contribution in [0.1, 0.15) is 37.7 Å². The van der Waals surface area contributed by atoms with Gasteiger partial charge in [0.25, 0.3) is 0 Å². The second-order valence-corrected chi connectivity index (χ2v) is 7.40. The molecule has 1 saturated carbocycles. The highest BCUT2D eigenvalue weighted by Gasteiger charge is 2.58. The lowest BCUT2D eigenvalue weighted by atomic mass is 9.70. The number of hydrogen-bond donors (Lipinski definition) is 1. The van der Waals surface area contributed by atoms with Crippen molar-refractivity contribution < 1.29 is 27.8 Å². The summed E-state index contributed by atoms with van der Waals surface area (Å²) in [4.78, 5) is 26.4. The molecule has 6 nitrogen and oxygen atoms in total. The van der Waals surface area contributed by atoms with Crippen molar-refractivity contribution in [1.29, 1.82) is 0 Å². The molecular formula is C19H24F2N2O4. The average molecular weight is 382 g/mol. The highest BCUT2D eigenvalue weighted by atomic mass is 19.3. The van der Waals surface area contributed by atoms with E-state index in [0.717, 1.165) is 0 Å². The summed E-state index contributed by atoms with van der Waals surface area (Å²) in [5, 5.41) is 0. The molecule has 2 amide bonds. The van der Waals surface area contributed by atoms with E-state index in [1.165, 1.54) is 19.1 Å². The maximum absolute atomic E-state index is 14.0. The highest BCUT2D eigenvalue weighted by molar-refractivity contribution is 5.93. The monoisotopic (exact) mass is 382 g/mol. The Morgan fingerprint density at radius 1 is 1.30 bits per heavy atom. The van der Waals surface area contributed by atoms with Crippen LogP contribution >= 0.6 is 0 Å². The Hall–Kier alpha value is -2.38. The van der Waals surface area contributed by atoms with E-state index in [1.54, 1.807) is 18.2 Å². The largest absolute Gasteiger partial charge is 0.497 e. The first-order chi connectivity index (χ1) is 12.7. The van der Waals surface area contributed by atoms with E-state index in [9.17, 15) is 18.4 Å². The van der Waals surface area contributed by atoms with Gasteiger partial charge in [-0.2, -0.15) is 0 Å². The molecule has 148 valence electrons. The minimum atomic E-state index is -2.90. The van der Waals surface area contributed by atoms with Crippen molar-refractivity contribution in [2.24, 2.45) is 11.1 Å². The lowest BCUT2D eigenvalue weighted by molar-refractivity contribution is -0.148. The maximum Gasteiger partial charge on any atom is 0.249 e. The number of rotatable bonds is 5. The number of ether oxygens (including phenoxy) is 2. The average Bonchev–Trinajstić information content (AvgIpc) is 2.87. The number of alkyl halides is 2. The summed E-state index contributed by atoms with van der Waals surface area (Å²) >= 11 is 0. The van der Waals surface area contributed by atoms with Crippen molar-refractivity contribution in [3.8, 4) is 11.5 Å². The van der Waals surface area contributed by atoms with E-state index >= 15 is 0 Å². The van der Waals surface area contributed by atoms with Gasteiger partial charge in [-0.05, 0) is 31.4 Å². The molecule has 1 aromatic rings. The SMILES string of the molecule is COc1ccc(CN2C(=O)C3(CCCC(F)(F)C3)CC2C(N)=O)c(OC)c1. The van der Waals surface area contributed by atoms with Gasteiger partial charge in [0.05, 0.1) is 26.2 Å². The molecule has 0 aromatic heterocycles. The van der Waals surface area contributed by atoms with Gasteiger partial charge >= 0.3 is 0 Å². The molecule has 1 aliphatic carbocycles. The quantitative estimate of drug-likeness (QED) is 0.848. The third-order valence-corrected chi connectivity index (χ3v) is 5.63. The van der Waals surface area contributed by atoms with E-state index < -0.39 is 35.6 Å². The third kappa shape index (κ3) is 3.57. The van der Waals surface area contributed by atoms with Gasteiger partial charge in [0, 0.05) is 24.5 Å². The fourth-order valence-electron chi connectivity index (χ4n) is 4.33. The summed E-state index contributed by atoms with van der Waals surface area (Å²) in [6.45, 7) is 0.0624. The van der Waals surface area contributed by atoms with E-state index in [1.807, 2.05) is 0 Å². The van der Waals surface area contributed by atoms with Crippen LogP contribution in [0.5, 0.6) is 11.5 Å². The van der Waals surface area contributed by atoms with Crippen molar-refractivity contribution in [3.05, 3.63) is 23.8 Å². The minimum absolute atomic E-state index is 0.0369. The smallest absolute Gasteiger partial charge is 0.249 e. The molecule has 1 aromatic carbocycles. The number of carbonyl (C=O) groups excluding carboxylic acids is 2. The lowest BCUT2D eigenvalue weighted by Gasteiger charge is -2.36. The Morgan fingerprint density at radius 2 is 2.04 bits per heavy atom. The standard InChI is InChI=1S/C19H24F2N2O4/c1-26-13-5-4-12(15(8-13)27-2)10-23-14(16(22)24)9-18(17(23)25)6-3-7-19(20,21)11-18/h4-5,8,14H,3,6-7,9-11H2,1-2H3,(H2,22,24). The van der Waals surface area contributed by atoms with E-state index in [2.05, 4.69) is 0 Å². The normalized spacial score (nSPS) is 27.0. The van der Waals surface area contributed by atoms with Crippen LogP contribution in [0, 0.1) is 5.41 Å². The third-order valence-electron chi connectivity index (χ3n) is 5.63. The van der Waals surface area contributed by atoms with Crippen LogP contribution in [0.3, 0.4) is 0 Å². The molecule has 3 rings (SSSR count). The molecular weight excluding hydrogens is 358 g/mol. The van der Waals surface area contributed by atoms with Crippen LogP contribution in [0.2, 0.25) is 0 Å². The Bertz CT molecular complexity index is 755. The summed E-state index contributed by atoms with van der Waals surface area (Å²) in [6, 6.07) is 4.20. The van der Waals surface area contributed by atoms with Gasteiger partial charge in [0.1, 0.15) is 17.5 Å². The number of amides is 2. The number of benzene rings is 1. The number of hydrogen-bond acceptors (Lipinski definition) is 4. The molecule has 2 fully saturated rings. The van der Waals surface area contributed by atoms with Gasteiger partial charge in [0.15, 0.2) is 0 Å². The Morgan fingerprint density at radius 3 is 2.63 bits per heavy atom. The number of primary amides is 1. The number of methoxy groups -OCH3 is 2. The summed E-state index contributed by atoms with van der Waals surface area (Å²) in [5.41, 5.74) is 4.94. The Labute approximate surface area is 156 Å². The first-order valence-electron chi connectivity index (χ1n) is 8.90. The van der Waals surface area contributed by atoms with Gasteiger partial charge in [-0.1, -0.05) is 0 Å². The van der Waals surface area contributed by atoms with Crippen molar-refractivity contribution in [2.45, 2.75) is 50.6 Å². The van der Waals surface area contributed by atoms with Crippen LogP contribution in [-0.4, -0.2) is 42.9 Å². The van der Waals surface area contributed by atoms with Gasteiger partial charge in [0.2, 0.25) is 17.7 Å². The zero-order valence-electron chi connectivity index (χ0n) is 15.5. The molecule has 1 heterocycles. The van der Waals surface area contributed by atoms with Crippen molar-refractivity contribution in [1.82, 2.24) is 4.90 Å². The van der Waals surface area contributed by atoms with Crippen LogP contribution in [-0.2, 0) is 16.1 Å². The minimum Gasteiger partial charge on any atom is -0.497 e. The van der Waals surface area contributed by atoms with Crippen LogP contribution < -0.4 is 15.2 Å². The number of nitrogens with two attached hydrogens (primary N) is 1. The fourth-order valence-corrected chi connectivity index (χ4v) is 4.33. The number of halogens is 2. The van der Waals surface area contributed by atoms with Gasteiger partial charge in [-0.25, -0.2) is 8.78 Å². The lowest BCUT2D eigenvalue weighted by Crippen LogP contribution is -2.43. The van der Waals surface area contributed by atoms with Crippen LogP contribution in [0.15, 0.2) is 18.2 Å². The molecule has 1 aliphatic heterocycles. The number of likely N-dealkylation sites (tertiary alicyclic amines) is 1. The topological polar surface area (TPSA) is 81.9 Å². The summed E-state index contributed by atoms with van der Waals surface area (Å²) < 4.78 is 38.6. The first-order valence-corrected chi connectivity index (χ1v) is 8.90. The van der Waals surface area contributed by atoms with Crippen molar-refractivity contribution in [2.75, 3.05) is 14.2 Å². The second kappa shape index (κ2) is 6.98. The molecule has 1 spiro atoms. The molecule has 2 aliphatic rings. The zero-order valence-corrected chi connectivity index (χ0v) is 15.5. The first kappa shape index (κ1) is 19.4. The highest BCUT2D eigenvalue weighted by Crippen LogP contribution is 2.52. The van der Waals surface area contributed by atoms with Gasteiger partial charge < -0.3 is 20.1 Å². The predicted octanol–water partition coefficient (Wildman–Crippen LogP) is 2.49. The second-order valence-electron chi connectivity index (χ2n) is 7.40. The molecule has 2 N–H and O–H groups in total. The maximum atomic E-state index is 14.0. The van der Waals surface area contributed by atoms with E-state index in [0.29, 0.717) is 23.5 Å². The molecule has 8 heteroatoms. The van der Waals surface area contributed by atoms with Crippen molar-refractivity contribution >= 4 is 11.8 Å². The molecule has 27 heavy (non-hydrogen) atoms. The summed E-state index contributed by atoms with van der Waals surface area (Å²) in [6.07, 6.45) is -0.116. The number of carbonyl (C=O) groups is 2. The van der Waals surface area contributed by atoms with Gasteiger partial charge in [-0.3, -0.25) is 9.59 Å². The van der Waals surface area contributed by atoms with Gasteiger partial charge in [-0.15, -0.1) is 0 Å². The summed E-state index contributed by atoms with van der Waals surface area (Å²) in [7, 11) is 3.01. The van der Waals surface area contributed by atoms with E-state index in [-0.39, 0.29) is 25.8 Å². The molecule has 0 radical (unpaired) electrons. The fraction of sp³-hybridized carbons (Fsp3) is 0.579. The molecule has 2 unspecified atom stereocenters. The van der Waals surface area contributed by atoms with E-state index in [4.69, 9.17) is 15.2 Å². The number of nitrogens with zero attached hydrogens (tertiary/aromatic N) is 1. The van der Waals surface area contributed by atoms with Crippen LogP contribution in [0.25, 0.3) is 0 Å². The Balaban J connectivity index is 1.92. The Kier molecular flexibility index (Phi) is 5.01. The molecule has 1 saturated heterocycles. The van der Waals surface area contributed by atoms with Crippen molar-refractivity contribution in [3.63, 3.8) is 0 Å². The molecule has 2 atom stereocenters. The van der Waals surface area contributed by atoms with Crippen LogP contribution in [0.4, 0.5) is 8.78 Å². The molecule has 0 bridgehead atoms.